The average molecular weight is 427 g/mol. The minimum Gasteiger partial charge on any atom is -0.494 e. The van der Waals surface area contributed by atoms with Crippen LogP contribution in [0.3, 0.4) is 0 Å². The van der Waals surface area contributed by atoms with Crippen LogP contribution in [-0.2, 0) is 25.8 Å². The molecule has 29 heavy (non-hydrogen) atoms. The predicted octanol–water partition coefficient (Wildman–Crippen LogP) is 0.904. The number of sulfone groups is 1. The van der Waals surface area contributed by atoms with Crippen molar-refractivity contribution in [1.29, 1.82) is 0 Å². The van der Waals surface area contributed by atoms with E-state index in [0.717, 1.165) is 18.2 Å². The van der Waals surface area contributed by atoms with E-state index in [0.29, 0.717) is 26.1 Å². The molecule has 0 radical (unpaired) electrons. The lowest BCUT2D eigenvalue weighted by atomic mass is 10.00. The Morgan fingerprint density at radius 3 is 2.31 bits per heavy atom. The first-order valence-corrected chi connectivity index (χ1v) is 11.3. The summed E-state index contributed by atoms with van der Waals surface area (Å²) in [7, 11) is 0.698. The number of fused-ring (bicyclic) bond motifs is 1. The molecule has 2 saturated heterocycles. The summed E-state index contributed by atoms with van der Waals surface area (Å²) in [4.78, 5) is 25.3. The fraction of sp³-hybridized carbons (Fsp3) is 0.600. The number of carbonyl (C=O) groups excluding carboxylic acids is 1. The molecule has 0 unspecified atom stereocenters. The number of carbonyl (C=O) groups is 2. The summed E-state index contributed by atoms with van der Waals surface area (Å²) < 4.78 is 30.2. The summed E-state index contributed by atoms with van der Waals surface area (Å²) >= 11 is 0. The smallest absolute Gasteiger partial charge is 0.300 e. The SMILES string of the molecule is CC(=O)O.CCOc1ccc(CC(=O)N2C[C@H]3[C@H](N(C)C)CS(=O)(=O)[C@H]3C2)cc1. The van der Waals surface area contributed by atoms with Crippen molar-refractivity contribution in [3.8, 4) is 5.75 Å². The second kappa shape index (κ2) is 9.58. The Balaban J connectivity index is 0.000000687. The van der Waals surface area contributed by atoms with Gasteiger partial charge in [0, 0.05) is 32.0 Å². The zero-order valence-electron chi connectivity index (χ0n) is 17.4. The van der Waals surface area contributed by atoms with E-state index < -0.39 is 21.1 Å². The molecule has 0 bridgehead atoms. The van der Waals surface area contributed by atoms with Crippen molar-refractivity contribution in [2.24, 2.45) is 5.92 Å². The summed E-state index contributed by atoms with van der Waals surface area (Å²) in [5, 5.41) is 7.00. The second-order valence-electron chi connectivity index (χ2n) is 7.63. The first kappa shape index (κ1) is 23.2. The summed E-state index contributed by atoms with van der Waals surface area (Å²) in [6.07, 6.45) is 0.290. The van der Waals surface area contributed by atoms with Gasteiger partial charge in [0.25, 0.3) is 5.97 Å². The van der Waals surface area contributed by atoms with E-state index in [1.54, 1.807) is 4.90 Å². The van der Waals surface area contributed by atoms with Gasteiger partial charge in [0.1, 0.15) is 5.75 Å². The molecule has 3 rings (SSSR count). The highest BCUT2D eigenvalue weighted by atomic mass is 32.2. The molecule has 1 N–H and O–H groups in total. The first-order valence-electron chi connectivity index (χ1n) is 9.62. The Hall–Kier alpha value is -2.13. The number of ether oxygens (including phenoxy) is 1. The highest BCUT2D eigenvalue weighted by Crippen LogP contribution is 2.36. The van der Waals surface area contributed by atoms with Crippen molar-refractivity contribution in [2.45, 2.75) is 31.6 Å². The van der Waals surface area contributed by atoms with Crippen LogP contribution < -0.4 is 4.74 Å². The van der Waals surface area contributed by atoms with E-state index in [-0.39, 0.29) is 23.6 Å². The molecule has 2 aliphatic heterocycles. The van der Waals surface area contributed by atoms with Gasteiger partial charge in [-0.1, -0.05) is 12.1 Å². The van der Waals surface area contributed by atoms with Crippen LogP contribution in [0.25, 0.3) is 0 Å². The van der Waals surface area contributed by atoms with Gasteiger partial charge in [0.05, 0.1) is 24.0 Å². The topological polar surface area (TPSA) is 104 Å². The largest absolute Gasteiger partial charge is 0.494 e. The Morgan fingerprint density at radius 2 is 1.79 bits per heavy atom. The highest BCUT2D eigenvalue weighted by molar-refractivity contribution is 7.92. The lowest BCUT2D eigenvalue weighted by molar-refractivity contribution is -0.134. The lowest BCUT2D eigenvalue weighted by Crippen LogP contribution is -2.39. The van der Waals surface area contributed by atoms with Crippen LogP contribution in [-0.4, -0.2) is 86.0 Å². The molecule has 1 aromatic carbocycles. The van der Waals surface area contributed by atoms with Gasteiger partial charge < -0.3 is 19.6 Å². The quantitative estimate of drug-likeness (QED) is 0.746. The zero-order valence-corrected chi connectivity index (χ0v) is 18.2. The van der Waals surface area contributed by atoms with Crippen molar-refractivity contribution in [2.75, 3.05) is 39.5 Å². The summed E-state index contributed by atoms with van der Waals surface area (Å²) in [6.45, 7) is 4.48. The summed E-state index contributed by atoms with van der Waals surface area (Å²) in [5.74, 6) is 0.167. The van der Waals surface area contributed by atoms with Gasteiger partial charge in [0.2, 0.25) is 5.91 Å². The monoisotopic (exact) mass is 426 g/mol. The third kappa shape index (κ3) is 5.93. The normalized spacial score (nSPS) is 24.6. The van der Waals surface area contributed by atoms with Gasteiger partial charge in [-0.15, -0.1) is 0 Å². The van der Waals surface area contributed by atoms with E-state index in [4.69, 9.17) is 14.6 Å². The molecule has 8 nitrogen and oxygen atoms in total. The molecule has 1 amide bonds. The second-order valence-corrected chi connectivity index (χ2v) is 9.90. The minimum atomic E-state index is -3.12. The number of likely N-dealkylation sites (tertiary alicyclic amines) is 1. The maximum atomic E-state index is 12.6. The molecule has 1 aromatic rings. The minimum absolute atomic E-state index is 0.00160. The third-order valence-electron chi connectivity index (χ3n) is 5.27. The van der Waals surface area contributed by atoms with Gasteiger partial charge in [0.15, 0.2) is 9.84 Å². The van der Waals surface area contributed by atoms with Gasteiger partial charge in [-0.25, -0.2) is 8.42 Å². The average Bonchev–Trinajstić information content (AvgIpc) is 3.16. The number of amides is 1. The van der Waals surface area contributed by atoms with E-state index in [2.05, 4.69) is 0 Å². The van der Waals surface area contributed by atoms with Crippen LogP contribution in [0.4, 0.5) is 0 Å². The highest BCUT2D eigenvalue weighted by Gasteiger charge is 2.53. The Bertz CT molecular complexity index is 818. The van der Waals surface area contributed by atoms with Crippen LogP contribution in [0.1, 0.15) is 19.4 Å². The van der Waals surface area contributed by atoms with Crippen LogP contribution >= 0.6 is 0 Å². The van der Waals surface area contributed by atoms with Crippen molar-refractivity contribution >= 4 is 21.7 Å². The van der Waals surface area contributed by atoms with Gasteiger partial charge >= 0.3 is 0 Å². The molecule has 0 spiro atoms. The molecule has 0 aliphatic carbocycles. The molecule has 0 saturated carbocycles. The number of carboxylic acid groups (broad SMARTS) is 1. The predicted molar refractivity (Wildman–Crippen MR) is 110 cm³/mol. The third-order valence-corrected chi connectivity index (χ3v) is 7.50. The first-order chi connectivity index (χ1) is 13.5. The van der Waals surface area contributed by atoms with Gasteiger partial charge in [-0.05, 0) is 38.7 Å². The van der Waals surface area contributed by atoms with E-state index in [9.17, 15) is 13.2 Å². The molecule has 9 heteroatoms. The van der Waals surface area contributed by atoms with Crippen molar-refractivity contribution in [3.63, 3.8) is 0 Å². The van der Waals surface area contributed by atoms with Gasteiger partial charge in [-0.2, -0.15) is 0 Å². The molecular formula is C20H30N2O6S. The number of hydrogen-bond donors (Lipinski definition) is 1. The Kier molecular flexibility index (Phi) is 7.65. The molecular weight excluding hydrogens is 396 g/mol. The molecule has 2 aliphatic rings. The standard InChI is InChI=1S/C18H26N2O4S.C2H4O2/c1-4-24-14-7-5-13(6-8-14)9-18(21)20-10-15-16(19(2)3)12-25(22,23)17(15)11-20;1-2(3)4/h5-8,15-17H,4,9-12H2,1-3H3;1H3,(H,3,4)/t15-,16+,17-;/m0./s1. The number of benzene rings is 1. The van der Waals surface area contributed by atoms with E-state index >= 15 is 0 Å². The number of rotatable bonds is 5. The number of carboxylic acids is 1. The van der Waals surface area contributed by atoms with Crippen LogP contribution in [0.15, 0.2) is 24.3 Å². The summed E-state index contributed by atoms with van der Waals surface area (Å²) in [6, 6.07) is 7.49. The molecule has 162 valence electrons. The number of aliphatic carboxylic acids is 1. The van der Waals surface area contributed by atoms with Crippen molar-refractivity contribution in [3.05, 3.63) is 29.8 Å². The Morgan fingerprint density at radius 1 is 1.21 bits per heavy atom. The van der Waals surface area contributed by atoms with Crippen molar-refractivity contribution in [1.82, 2.24) is 9.80 Å². The van der Waals surface area contributed by atoms with Crippen LogP contribution in [0.2, 0.25) is 0 Å². The van der Waals surface area contributed by atoms with E-state index in [1.165, 1.54) is 0 Å². The fourth-order valence-electron chi connectivity index (χ4n) is 3.93. The van der Waals surface area contributed by atoms with Crippen molar-refractivity contribution < 1.29 is 27.9 Å². The summed E-state index contributed by atoms with van der Waals surface area (Å²) in [5.41, 5.74) is 0.914. The maximum absolute atomic E-state index is 12.6. The fourth-order valence-corrected chi connectivity index (χ4v) is 6.40. The molecule has 0 aromatic heterocycles. The maximum Gasteiger partial charge on any atom is 0.300 e. The zero-order chi connectivity index (χ0) is 21.8. The number of nitrogens with zero attached hydrogens (tertiary/aromatic N) is 2. The molecule has 2 heterocycles. The lowest BCUT2D eigenvalue weighted by Gasteiger charge is -2.25. The van der Waals surface area contributed by atoms with Crippen LogP contribution in [0.5, 0.6) is 5.75 Å². The van der Waals surface area contributed by atoms with E-state index in [1.807, 2.05) is 50.2 Å². The van der Waals surface area contributed by atoms with Gasteiger partial charge in [-0.3, -0.25) is 9.59 Å². The molecule has 3 atom stereocenters. The Labute approximate surface area is 172 Å². The molecule has 2 fully saturated rings. The number of hydrogen-bond acceptors (Lipinski definition) is 6. The van der Waals surface area contributed by atoms with Crippen LogP contribution in [0, 0.1) is 5.92 Å².